The molecule has 0 atom stereocenters. The molecule has 3 rings (SSSR count). The minimum absolute atomic E-state index is 0.0165. The molecule has 0 aliphatic carbocycles. The van der Waals surface area contributed by atoms with E-state index in [0.29, 0.717) is 12.2 Å². The van der Waals surface area contributed by atoms with Gasteiger partial charge in [-0.1, -0.05) is 24.3 Å². The fourth-order valence-electron chi connectivity index (χ4n) is 2.52. The lowest BCUT2D eigenvalue weighted by molar-refractivity contribution is 0.104. The van der Waals surface area contributed by atoms with Gasteiger partial charge in [-0.15, -0.1) is 0 Å². The second-order valence-corrected chi connectivity index (χ2v) is 6.36. The first-order chi connectivity index (χ1) is 13.1. The van der Waals surface area contributed by atoms with Gasteiger partial charge in [-0.2, -0.15) is 0 Å². The Morgan fingerprint density at radius 3 is 2.41 bits per heavy atom. The van der Waals surface area contributed by atoms with Crippen LogP contribution in [0.1, 0.15) is 21.5 Å². The molecule has 1 aromatic heterocycles. The van der Waals surface area contributed by atoms with Gasteiger partial charge >= 0.3 is 0 Å². The van der Waals surface area contributed by atoms with Gasteiger partial charge in [0.1, 0.15) is 12.4 Å². The Hall–Kier alpha value is -3.40. The number of nitrogens with zero attached hydrogens (tertiary/aromatic N) is 2. The summed E-state index contributed by atoms with van der Waals surface area (Å²) in [4.78, 5) is 18.4. The molecule has 1 heterocycles. The van der Waals surface area contributed by atoms with Crippen molar-refractivity contribution >= 4 is 17.5 Å². The number of anilines is 1. The van der Waals surface area contributed by atoms with Crippen LogP contribution >= 0.6 is 0 Å². The summed E-state index contributed by atoms with van der Waals surface area (Å²) in [7, 11) is 3.95. The average Bonchev–Trinajstić information content (AvgIpc) is 2.72. The van der Waals surface area contributed by atoms with Gasteiger partial charge in [0.15, 0.2) is 5.78 Å². The molecule has 3 aromatic rings. The summed E-state index contributed by atoms with van der Waals surface area (Å²) in [6.45, 7) is 0.477. The van der Waals surface area contributed by atoms with Gasteiger partial charge in [-0.25, -0.2) is 0 Å². The van der Waals surface area contributed by atoms with Crippen molar-refractivity contribution in [3.05, 3.63) is 95.8 Å². The normalized spacial score (nSPS) is 10.7. The highest BCUT2D eigenvalue weighted by Crippen LogP contribution is 2.16. The summed E-state index contributed by atoms with van der Waals surface area (Å²) in [6.07, 6.45) is 6.93. The Balaban J connectivity index is 1.57. The Morgan fingerprint density at radius 2 is 1.78 bits per heavy atom. The molecule has 2 aromatic carbocycles. The predicted octanol–water partition coefficient (Wildman–Crippen LogP) is 4.62. The SMILES string of the molecule is CN(C)c1ccc(C(=O)C=Cc2ccc(OCc3cccnc3)cc2)cc1. The van der Waals surface area contributed by atoms with Crippen LogP contribution in [0.3, 0.4) is 0 Å². The van der Waals surface area contributed by atoms with E-state index in [0.717, 1.165) is 22.6 Å². The zero-order chi connectivity index (χ0) is 19.1. The van der Waals surface area contributed by atoms with Crippen LogP contribution in [-0.2, 0) is 6.61 Å². The monoisotopic (exact) mass is 358 g/mol. The Labute approximate surface area is 159 Å². The van der Waals surface area contributed by atoms with Gasteiger partial charge in [0.05, 0.1) is 0 Å². The van der Waals surface area contributed by atoms with Crippen molar-refractivity contribution in [1.29, 1.82) is 0 Å². The first-order valence-electron chi connectivity index (χ1n) is 8.73. The minimum atomic E-state index is -0.0165. The summed E-state index contributed by atoms with van der Waals surface area (Å²) in [5.41, 5.74) is 3.71. The van der Waals surface area contributed by atoms with Crippen LogP contribution in [0, 0.1) is 0 Å². The fourth-order valence-corrected chi connectivity index (χ4v) is 2.52. The van der Waals surface area contributed by atoms with Gasteiger partial charge in [0.2, 0.25) is 0 Å². The van der Waals surface area contributed by atoms with E-state index in [1.54, 1.807) is 18.5 Å². The van der Waals surface area contributed by atoms with Crippen molar-refractivity contribution < 1.29 is 9.53 Å². The Morgan fingerprint density at radius 1 is 1.04 bits per heavy atom. The predicted molar refractivity (Wildman–Crippen MR) is 109 cm³/mol. The van der Waals surface area contributed by atoms with Gasteiger partial charge in [0, 0.05) is 43.3 Å². The van der Waals surface area contributed by atoms with Crippen molar-refractivity contribution in [1.82, 2.24) is 4.98 Å². The van der Waals surface area contributed by atoms with E-state index in [-0.39, 0.29) is 5.78 Å². The molecule has 4 nitrogen and oxygen atoms in total. The topological polar surface area (TPSA) is 42.4 Å². The third kappa shape index (κ3) is 5.28. The van der Waals surface area contributed by atoms with Crippen LogP contribution in [0.5, 0.6) is 5.75 Å². The molecule has 0 spiro atoms. The van der Waals surface area contributed by atoms with Crippen LogP contribution in [0.4, 0.5) is 5.69 Å². The van der Waals surface area contributed by atoms with Crippen LogP contribution in [0.2, 0.25) is 0 Å². The number of aromatic nitrogens is 1. The van der Waals surface area contributed by atoms with E-state index in [1.165, 1.54) is 0 Å². The minimum Gasteiger partial charge on any atom is -0.489 e. The second-order valence-electron chi connectivity index (χ2n) is 6.36. The van der Waals surface area contributed by atoms with Crippen LogP contribution in [-0.4, -0.2) is 24.9 Å². The number of carbonyl (C=O) groups excluding carboxylic acids is 1. The van der Waals surface area contributed by atoms with Crippen molar-refractivity contribution in [3.63, 3.8) is 0 Å². The molecule has 0 saturated heterocycles. The van der Waals surface area contributed by atoms with E-state index < -0.39 is 0 Å². The van der Waals surface area contributed by atoms with Gasteiger partial charge < -0.3 is 9.64 Å². The zero-order valence-electron chi connectivity index (χ0n) is 15.5. The highest BCUT2D eigenvalue weighted by molar-refractivity contribution is 6.06. The smallest absolute Gasteiger partial charge is 0.185 e. The number of hydrogen-bond acceptors (Lipinski definition) is 4. The summed E-state index contributed by atoms with van der Waals surface area (Å²) in [6, 6.07) is 19.1. The van der Waals surface area contributed by atoms with E-state index >= 15 is 0 Å². The number of allylic oxidation sites excluding steroid dienone is 1. The first kappa shape index (κ1) is 18.4. The molecule has 4 heteroatoms. The number of pyridine rings is 1. The van der Waals surface area contributed by atoms with Gasteiger partial charge in [-0.05, 0) is 54.1 Å². The average molecular weight is 358 g/mol. The highest BCUT2D eigenvalue weighted by atomic mass is 16.5. The molecule has 0 unspecified atom stereocenters. The Kier molecular flexibility index (Phi) is 6.00. The molecule has 0 amide bonds. The van der Waals surface area contributed by atoms with E-state index in [2.05, 4.69) is 4.98 Å². The van der Waals surface area contributed by atoms with Crippen molar-refractivity contribution in [2.45, 2.75) is 6.61 Å². The molecule has 0 aliphatic heterocycles. The zero-order valence-corrected chi connectivity index (χ0v) is 15.5. The number of benzene rings is 2. The maximum Gasteiger partial charge on any atom is 0.185 e. The molecule has 0 bridgehead atoms. The van der Waals surface area contributed by atoms with Gasteiger partial charge in [0.25, 0.3) is 0 Å². The maximum absolute atomic E-state index is 12.3. The van der Waals surface area contributed by atoms with Crippen LogP contribution in [0.15, 0.2) is 79.1 Å². The Bertz CT molecular complexity index is 899. The molecule has 0 aliphatic rings. The first-order valence-corrected chi connectivity index (χ1v) is 8.73. The molecule has 27 heavy (non-hydrogen) atoms. The summed E-state index contributed by atoms with van der Waals surface area (Å²) in [5, 5.41) is 0. The molecule has 136 valence electrons. The third-order valence-electron chi connectivity index (χ3n) is 4.10. The highest BCUT2D eigenvalue weighted by Gasteiger charge is 2.03. The number of rotatable bonds is 7. The van der Waals surface area contributed by atoms with Gasteiger partial charge in [-0.3, -0.25) is 9.78 Å². The maximum atomic E-state index is 12.3. The molecule has 0 N–H and O–H groups in total. The van der Waals surface area contributed by atoms with Crippen molar-refractivity contribution in [2.24, 2.45) is 0 Å². The number of hydrogen-bond donors (Lipinski definition) is 0. The number of ketones is 1. The van der Waals surface area contributed by atoms with E-state index in [4.69, 9.17) is 4.74 Å². The van der Waals surface area contributed by atoms with E-state index in [1.807, 2.05) is 85.7 Å². The quantitative estimate of drug-likeness (QED) is 0.456. The fraction of sp³-hybridized carbons (Fsp3) is 0.130. The summed E-state index contributed by atoms with van der Waals surface area (Å²) < 4.78 is 5.74. The van der Waals surface area contributed by atoms with Crippen LogP contribution in [0.25, 0.3) is 6.08 Å². The van der Waals surface area contributed by atoms with Crippen molar-refractivity contribution in [3.8, 4) is 5.75 Å². The van der Waals surface area contributed by atoms with E-state index in [9.17, 15) is 4.79 Å². The van der Waals surface area contributed by atoms with Crippen LogP contribution < -0.4 is 9.64 Å². The molecular weight excluding hydrogens is 336 g/mol. The molecule has 0 radical (unpaired) electrons. The molecule has 0 fully saturated rings. The number of carbonyl (C=O) groups is 1. The molecular formula is C23H22N2O2. The largest absolute Gasteiger partial charge is 0.489 e. The lowest BCUT2D eigenvalue weighted by Gasteiger charge is -2.11. The summed E-state index contributed by atoms with van der Waals surface area (Å²) in [5.74, 6) is 0.763. The number of ether oxygens (including phenoxy) is 1. The third-order valence-corrected chi connectivity index (χ3v) is 4.10. The molecule has 0 saturated carbocycles. The second kappa shape index (κ2) is 8.81. The van der Waals surface area contributed by atoms with Crippen molar-refractivity contribution in [2.75, 3.05) is 19.0 Å². The standard InChI is InChI=1S/C23H22N2O2/c1-25(2)21-10-8-20(9-11-21)23(26)14-7-18-5-12-22(13-6-18)27-17-19-4-3-15-24-16-19/h3-16H,17H2,1-2H3. The lowest BCUT2D eigenvalue weighted by atomic mass is 10.1. The summed E-state index contributed by atoms with van der Waals surface area (Å²) >= 11 is 0. The lowest BCUT2D eigenvalue weighted by Crippen LogP contribution is -2.08.